The lowest BCUT2D eigenvalue weighted by atomic mass is 10.0. The second-order valence-corrected chi connectivity index (χ2v) is 5.05. The third-order valence-electron chi connectivity index (χ3n) is 3.29. The Balaban J connectivity index is 2.09. The molecule has 1 aliphatic heterocycles. The normalized spacial score (nSPS) is 14.8. The van der Waals surface area contributed by atoms with Crippen LogP contribution in [0, 0.1) is 5.82 Å². The molecule has 0 aromatic heterocycles. The van der Waals surface area contributed by atoms with Crippen LogP contribution in [-0.4, -0.2) is 18.2 Å². The number of fused-ring (bicyclic) bond motifs is 1. The molecule has 0 spiro atoms. The summed E-state index contributed by atoms with van der Waals surface area (Å²) >= 11 is 4.17. The molecule has 2 nitrogen and oxygen atoms in total. The van der Waals surface area contributed by atoms with Crippen LogP contribution in [0.5, 0.6) is 0 Å². The zero-order valence-corrected chi connectivity index (χ0v) is 11.3. The molecule has 0 unspecified atom stereocenters. The highest BCUT2D eigenvalue weighted by Gasteiger charge is 2.23. The van der Waals surface area contributed by atoms with Crippen LogP contribution in [0.2, 0.25) is 0 Å². The van der Waals surface area contributed by atoms with Crippen molar-refractivity contribution in [1.82, 2.24) is 0 Å². The maximum absolute atomic E-state index is 13.3. The first-order valence-corrected chi connectivity index (χ1v) is 7.05. The predicted molar refractivity (Wildman–Crippen MR) is 74.8 cm³/mol. The number of hydrogen-bond acceptors (Lipinski definition) is 2. The van der Waals surface area contributed by atoms with E-state index < -0.39 is 0 Å². The highest BCUT2D eigenvalue weighted by atomic mass is 32.1. The maximum atomic E-state index is 13.3. The van der Waals surface area contributed by atoms with E-state index in [2.05, 4.69) is 12.6 Å². The number of halogens is 1. The van der Waals surface area contributed by atoms with Gasteiger partial charge in [0.15, 0.2) is 0 Å². The highest BCUT2D eigenvalue weighted by molar-refractivity contribution is 7.80. The van der Waals surface area contributed by atoms with Crippen molar-refractivity contribution >= 4 is 24.2 Å². The molecule has 1 amide bonds. The summed E-state index contributed by atoms with van der Waals surface area (Å²) < 4.78 is 13.3. The summed E-state index contributed by atoms with van der Waals surface area (Å²) in [6.45, 7) is 0.684. The van der Waals surface area contributed by atoms with Gasteiger partial charge in [0.25, 0.3) is 0 Å². The van der Waals surface area contributed by atoms with E-state index in [0.29, 0.717) is 13.0 Å². The molecule has 0 fully saturated rings. The molecule has 1 aromatic carbocycles. The molecule has 0 N–H and O–H groups in total. The zero-order chi connectivity index (χ0) is 13.0. The molecule has 0 atom stereocenters. The summed E-state index contributed by atoms with van der Waals surface area (Å²) in [6.07, 6.45) is 4.31. The molecule has 1 aromatic rings. The quantitative estimate of drug-likeness (QED) is 0.641. The van der Waals surface area contributed by atoms with Crippen LogP contribution in [0.15, 0.2) is 18.2 Å². The Morgan fingerprint density at radius 1 is 1.22 bits per heavy atom. The van der Waals surface area contributed by atoms with Crippen molar-refractivity contribution in [3.05, 3.63) is 29.6 Å². The predicted octanol–water partition coefficient (Wildman–Crippen LogP) is 3.21. The lowest BCUT2D eigenvalue weighted by molar-refractivity contribution is -0.118. The number of anilines is 1. The summed E-state index contributed by atoms with van der Waals surface area (Å²) in [5, 5.41) is 0. The van der Waals surface area contributed by atoms with E-state index in [4.69, 9.17) is 0 Å². The summed E-state index contributed by atoms with van der Waals surface area (Å²) in [4.78, 5) is 13.7. The summed E-state index contributed by atoms with van der Waals surface area (Å²) in [6, 6.07) is 4.73. The van der Waals surface area contributed by atoms with Crippen molar-refractivity contribution in [2.75, 3.05) is 17.2 Å². The summed E-state index contributed by atoms with van der Waals surface area (Å²) in [5.41, 5.74) is 1.84. The third-order valence-corrected chi connectivity index (χ3v) is 3.60. The fraction of sp³-hybridized carbons (Fsp3) is 0.500. The van der Waals surface area contributed by atoms with Crippen molar-refractivity contribution < 1.29 is 9.18 Å². The average Bonchev–Trinajstić information content (AvgIpc) is 2.36. The monoisotopic (exact) mass is 267 g/mol. The van der Waals surface area contributed by atoms with E-state index >= 15 is 0 Å². The number of rotatable bonds is 5. The minimum atomic E-state index is -0.274. The highest BCUT2D eigenvalue weighted by Crippen LogP contribution is 2.28. The molecule has 1 heterocycles. The van der Waals surface area contributed by atoms with Gasteiger partial charge in [-0.05, 0) is 42.7 Å². The number of nitrogens with zero attached hydrogens (tertiary/aromatic N) is 1. The van der Waals surface area contributed by atoms with Gasteiger partial charge >= 0.3 is 0 Å². The molecule has 1 aliphatic rings. The van der Waals surface area contributed by atoms with Gasteiger partial charge in [0, 0.05) is 18.7 Å². The summed E-state index contributed by atoms with van der Waals surface area (Å²) in [7, 11) is 0. The van der Waals surface area contributed by atoms with Crippen LogP contribution in [0.25, 0.3) is 0 Å². The van der Waals surface area contributed by atoms with Gasteiger partial charge in [0.2, 0.25) is 5.91 Å². The Labute approximate surface area is 113 Å². The SMILES string of the molecule is O=C1CCc2ccc(F)cc2N1CCCCCS. The van der Waals surface area contributed by atoms with E-state index in [1.807, 2.05) is 0 Å². The molecule has 4 heteroatoms. The molecule has 2 rings (SSSR count). The van der Waals surface area contributed by atoms with Gasteiger partial charge in [-0.15, -0.1) is 0 Å². The van der Waals surface area contributed by atoms with Gasteiger partial charge in [-0.1, -0.05) is 12.5 Å². The van der Waals surface area contributed by atoms with Crippen molar-refractivity contribution in [2.24, 2.45) is 0 Å². The van der Waals surface area contributed by atoms with Gasteiger partial charge in [-0.25, -0.2) is 4.39 Å². The Morgan fingerprint density at radius 2 is 2.06 bits per heavy atom. The first kappa shape index (κ1) is 13.4. The number of carbonyl (C=O) groups excluding carboxylic acids is 1. The first-order chi connectivity index (χ1) is 8.72. The zero-order valence-electron chi connectivity index (χ0n) is 10.4. The van der Waals surface area contributed by atoms with Crippen LogP contribution >= 0.6 is 12.6 Å². The van der Waals surface area contributed by atoms with E-state index in [1.54, 1.807) is 11.0 Å². The van der Waals surface area contributed by atoms with Gasteiger partial charge in [-0.2, -0.15) is 12.6 Å². The van der Waals surface area contributed by atoms with Crippen LogP contribution in [0.4, 0.5) is 10.1 Å². The number of carbonyl (C=O) groups is 1. The van der Waals surface area contributed by atoms with E-state index in [0.717, 1.165) is 42.7 Å². The molecule has 98 valence electrons. The van der Waals surface area contributed by atoms with Crippen molar-refractivity contribution in [3.8, 4) is 0 Å². The Kier molecular flexibility index (Phi) is 4.64. The molecule has 0 aliphatic carbocycles. The van der Waals surface area contributed by atoms with E-state index in [-0.39, 0.29) is 11.7 Å². The van der Waals surface area contributed by atoms with Crippen LogP contribution in [0.1, 0.15) is 31.2 Å². The number of aryl methyl sites for hydroxylation is 1. The van der Waals surface area contributed by atoms with Crippen LogP contribution < -0.4 is 4.90 Å². The topological polar surface area (TPSA) is 20.3 Å². The molecule has 0 saturated heterocycles. The molecule has 0 radical (unpaired) electrons. The summed E-state index contributed by atoms with van der Waals surface area (Å²) in [5.74, 6) is 0.710. The minimum absolute atomic E-state index is 0.110. The average molecular weight is 267 g/mol. The minimum Gasteiger partial charge on any atom is -0.312 e. The number of unbranched alkanes of at least 4 members (excludes halogenated alkanes) is 2. The molecule has 0 saturated carbocycles. The third kappa shape index (κ3) is 3.05. The second-order valence-electron chi connectivity index (χ2n) is 4.60. The van der Waals surface area contributed by atoms with Crippen molar-refractivity contribution in [2.45, 2.75) is 32.1 Å². The van der Waals surface area contributed by atoms with Gasteiger partial charge in [0.1, 0.15) is 5.82 Å². The second kappa shape index (κ2) is 6.23. The molecule has 0 bridgehead atoms. The Bertz CT molecular complexity index is 436. The fourth-order valence-electron chi connectivity index (χ4n) is 2.31. The Hall–Kier alpha value is -1.03. The van der Waals surface area contributed by atoms with Crippen molar-refractivity contribution in [1.29, 1.82) is 0 Å². The standard InChI is InChI=1S/C14H18FNOS/c15-12-6-4-11-5-7-14(17)16(13(11)10-12)8-2-1-3-9-18/h4,6,10,18H,1-3,5,7-9H2. The van der Waals surface area contributed by atoms with Crippen molar-refractivity contribution in [3.63, 3.8) is 0 Å². The fourth-order valence-corrected chi connectivity index (χ4v) is 2.54. The lowest BCUT2D eigenvalue weighted by Gasteiger charge is -2.29. The largest absolute Gasteiger partial charge is 0.312 e. The van der Waals surface area contributed by atoms with Gasteiger partial charge < -0.3 is 4.90 Å². The van der Waals surface area contributed by atoms with Crippen LogP contribution in [-0.2, 0) is 11.2 Å². The number of hydrogen-bond donors (Lipinski definition) is 1. The van der Waals surface area contributed by atoms with Gasteiger partial charge in [-0.3, -0.25) is 4.79 Å². The lowest BCUT2D eigenvalue weighted by Crippen LogP contribution is -2.36. The van der Waals surface area contributed by atoms with E-state index in [9.17, 15) is 9.18 Å². The maximum Gasteiger partial charge on any atom is 0.227 e. The van der Waals surface area contributed by atoms with Gasteiger partial charge in [0.05, 0.1) is 0 Å². The van der Waals surface area contributed by atoms with E-state index in [1.165, 1.54) is 12.1 Å². The molecule has 18 heavy (non-hydrogen) atoms. The molecular formula is C14H18FNOS. The van der Waals surface area contributed by atoms with Crippen LogP contribution in [0.3, 0.4) is 0 Å². The smallest absolute Gasteiger partial charge is 0.227 e. The number of amides is 1. The molecular weight excluding hydrogens is 249 g/mol. The number of benzene rings is 1. The Morgan fingerprint density at radius 3 is 2.83 bits per heavy atom. The number of thiol groups is 1. The first-order valence-electron chi connectivity index (χ1n) is 6.42.